The predicted octanol–water partition coefficient (Wildman–Crippen LogP) is 1.75. The van der Waals surface area contributed by atoms with Crippen molar-refractivity contribution in [2.24, 2.45) is 11.8 Å². The van der Waals surface area contributed by atoms with Crippen molar-refractivity contribution in [3.63, 3.8) is 0 Å². The summed E-state index contributed by atoms with van der Waals surface area (Å²) in [6.07, 6.45) is 3.39. The third-order valence-electron chi connectivity index (χ3n) is 3.97. The first-order valence-electron chi connectivity index (χ1n) is 7.88. The zero-order chi connectivity index (χ0) is 14.5. The lowest BCUT2D eigenvalue weighted by Gasteiger charge is -2.20. The number of hydrogen-bond acceptors (Lipinski definition) is 4. The van der Waals surface area contributed by atoms with Crippen LogP contribution in [0.25, 0.3) is 0 Å². The Labute approximate surface area is 122 Å². The molecular weight excluding hydrogens is 250 g/mol. The molecule has 2 unspecified atom stereocenters. The van der Waals surface area contributed by atoms with Gasteiger partial charge in [-0.3, -0.25) is 9.58 Å². The summed E-state index contributed by atoms with van der Waals surface area (Å²) in [6, 6.07) is 0.709. The number of hydrogen-bond donors (Lipinski definition) is 1. The summed E-state index contributed by atoms with van der Waals surface area (Å²) >= 11 is 0. The lowest BCUT2D eigenvalue weighted by atomic mass is 10.1. The quantitative estimate of drug-likeness (QED) is 0.826. The number of rotatable bonds is 7. The van der Waals surface area contributed by atoms with Crippen LogP contribution < -0.4 is 5.32 Å². The van der Waals surface area contributed by atoms with Gasteiger partial charge in [0.05, 0.1) is 12.2 Å². The number of nitrogens with zero attached hydrogens (tertiary/aromatic N) is 4. The lowest BCUT2D eigenvalue weighted by Crippen LogP contribution is -2.30. The second kappa shape index (κ2) is 7.18. The lowest BCUT2D eigenvalue weighted by molar-refractivity contribution is 0.249. The Morgan fingerprint density at radius 2 is 2.15 bits per heavy atom. The molecule has 114 valence electrons. The Morgan fingerprint density at radius 3 is 2.80 bits per heavy atom. The van der Waals surface area contributed by atoms with Gasteiger partial charge in [-0.15, -0.1) is 5.10 Å². The molecule has 0 amide bonds. The normalized spacial score (nSPS) is 23.9. The summed E-state index contributed by atoms with van der Waals surface area (Å²) in [7, 11) is 0. The molecule has 5 nitrogen and oxygen atoms in total. The fourth-order valence-corrected chi connectivity index (χ4v) is 2.95. The van der Waals surface area contributed by atoms with E-state index < -0.39 is 0 Å². The molecule has 20 heavy (non-hydrogen) atoms. The minimum atomic E-state index is 0.670. The van der Waals surface area contributed by atoms with Gasteiger partial charge in [0.2, 0.25) is 0 Å². The van der Waals surface area contributed by atoms with E-state index in [1.807, 2.05) is 4.68 Å². The van der Waals surface area contributed by atoms with Gasteiger partial charge in [0.25, 0.3) is 0 Å². The van der Waals surface area contributed by atoms with E-state index >= 15 is 0 Å². The van der Waals surface area contributed by atoms with Gasteiger partial charge in [0.1, 0.15) is 0 Å². The van der Waals surface area contributed by atoms with Gasteiger partial charge in [0, 0.05) is 31.9 Å². The molecule has 1 aliphatic rings. The van der Waals surface area contributed by atoms with E-state index in [0.717, 1.165) is 37.8 Å². The van der Waals surface area contributed by atoms with Gasteiger partial charge in [0.15, 0.2) is 0 Å². The molecule has 0 spiro atoms. The van der Waals surface area contributed by atoms with Gasteiger partial charge >= 0.3 is 0 Å². The first-order chi connectivity index (χ1) is 9.54. The standard InChI is InChI=1S/C15H29N5/c1-12(2)8-16-9-15-11-20(18-17-15)6-5-19-10-13(3)7-14(19)4/h11-14,16H,5-10H2,1-4H3. The summed E-state index contributed by atoms with van der Waals surface area (Å²) < 4.78 is 1.97. The maximum atomic E-state index is 4.22. The maximum Gasteiger partial charge on any atom is 0.0964 e. The van der Waals surface area contributed by atoms with Crippen molar-refractivity contribution >= 4 is 0 Å². The highest BCUT2D eigenvalue weighted by Gasteiger charge is 2.25. The molecule has 0 radical (unpaired) electrons. The van der Waals surface area contributed by atoms with Crippen LogP contribution >= 0.6 is 0 Å². The Hall–Kier alpha value is -0.940. The van der Waals surface area contributed by atoms with E-state index in [0.29, 0.717) is 12.0 Å². The zero-order valence-electron chi connectivity index (χ0n) is 13.3. The number of likely N-dealkylation sites (tertiary alicyclic amines) is 1. The molecule has 0 bridgehead atoms. The van der Waals surface area contributed by atoms with Crippen molar-refractivity contribution in [2.45, 2.75) is 53.2 Å². The second-order valence-electron chi connectivity index (χ2n) is 6.68. The molecule has 2 atom stereocenters. The Balaban J connectivity index is 1.72. The molecular formula is C15H29N5. The van der Waals surface area contributed by atoms with Crippen LogP contribution in [-0.2, 0) is 13.1 Å². The second-order valence-corrected chi connectivity index (χ2v) is 6.68. The predicted molar refractivity (Wildman–Crippen MR) is 81.4 cm³/mol. The molecule has 0 aliphatic carbocycles. The molecule has 1 aliphatic heterocycles. The van der Waals surface area contributed by atoms with Crippen LogP contribution in [0.4, 0.5) is 0 Å². The average Bonchev–Trinajstić information content (AvgIpc) is 2.93. The van der Waals surface area contributed by atoms with Crippen LogP contribution in [-0.4, -0.2) is 45.6 Å². The third-order valence-corrected chi connectivity index (χ3v) is 3.97. The minimum absolute atomic E-state index is 0.670. The van der Waals surface area contributed by atoms with E-state index in [9.17, 15) is 0 Å². The fraction of sp³-hybridized carbons (Fsp3) is 0.867. The Morgan fingerprint density at radius 1 is 1.35 bits per heavy atom. The molecule has 1 aromatic heterocycles. The van der Waals surface area contributed by atoms with Crippen molar-refractivity contribution in [3.05, 3.63) is 11.9 Å². The van der Waals surface area contributed by atoms with Crippen molar-refractivity contribution in [3.8, 4) is 0 Å². The molecule has 1 N–H and O–H groups in total. The molecule has 2 rings (SSSR count). The van der Waals surface area contributed by atoms with Crippen molar-refractivity contribution < 1.29 is 0 Å². The Kier molecular flexibility index (Phi) is 5.54. The van der Waals surface area contributed by atoms with E-state index in [4.69, 9.17) is 0 Å². The molecule has 1 aromatic rings. The van der Waals surface area contributed by atoms with Crippen LogP contribution in [0.3, 0.4) is 0 Å². The molecule has 0 aromatic carbocycles. The van der Waals surface area contributed by atoms with Crippen LogP contribution in [0.1, 0.15) is 39.8 Å². The smallest absolute Gasteiger partial charge is 0.0964 e. The molecule has 5 heteroatoms. The topological polar surface area (TPSA) is 46.0 Å². The first kappa shape index (κ1) is 15.4. The van der Waals surface area contributed by atoms with Crippen LogP contribution in [0.15, 0.2) is 6.20 Å². The molecule has 1 saturated heterocycles. The largest absolute Gasteiger partial charge is 0.311 e. The minimum Gasteiger partial charge on any atom is -0.311 e. The molecule has 1 fully saturated rings. The molecule has 2 heterocycles. The monoisotopic (exact) mass is 279 g/mol. The fourth-order valence-electron chi connectivity index (χ4n) is 2.95. The van der Waals surface area contributed by atoms with Crippen molar-refractivity contribution in [1.29, 1.82) is 0 Å². The van der Waals surface area contributed by atoms with E-state index in [-0.39, 0.29) is 0 Å². The third kappa shape index (κ3) is 4.56. The van der Waals surface area contributed by atoms with Gasteiger partial charge < -0.3 is 5.32 Å². The van der Waals surface area contributed by atoms with Crippen LogP contribution in [0, 0.1) is 11.8 Å². The van der Waals surface area contributed by atoms with Crippen LogP contribution in [0.5, 0.6) is 0 Å². The highest BCUT2D eigenvalue weighted by Crippen LogP contribution is 2.21. The summed E-state index contributed by atoms with van der Waals surface area (Å²) in [6.45, 7) is 14.2. The summed E-state index contributed by atoms with van der Waals surface area (Å²) in [5, 5.41) is 11.8. The van der Waals surface area contributed by atoms with Gasteiger partial charge in [-0.1, -0.05) is 26.0 Å². The number of nitrogens with one attached hydrogen (secondary N) is 1. The Bertz CT molecular complexity index is 401. The van der Waals surface area contributed by atoms with Gasteiger partial charge in [-0.2, -0.15) is 0 Å². The average molecular weight is 279 g/mol. The van der Waals surface area contributed by atoms with E-state index in [1.54, 1.807) is 0 Å². The van der Waals surface area contributed by atoms with Crippen molar-refractivity contribution in [2.75, 3.05) is 19.6 Å². The van der Waals surface area contributed by atoms with E-state index in [1.165, 1.54) is 13.0 Å². The maximum absolute atomic E-state index is 4.22. The molecule has 0 saturated carbocycles. The summed E-state index contributed by atoms with van der Waals surface area (Å²) in [4.78, 5) is 2.56. The van der Waals surface area contributed by atoms with Gasteiger partial charge in [-0.05, 0) is 31.7 Å². The van der Waals surface area contributed by atoms with Gasteiger partial charge in [-0.25, -0.2) is 0 Å². The first-order valence-corrected chi connectivity index (χ1v) is 7.88. The highest BCUT2D eigenvalue weighted by molar-refractivity contribution is 4.91. The SMILES string of the molecule is CC(C)CNCc1cn(CCN2CC(C)CC2C)nn1. The van der Waals surface area contributed by atoms with E-state index in [2.05, 4.69) is 54.4 Å². The van der Waals surface area contributed by atoms with Crippen LogP contribution in [0.2, 0.25) is 0 Å². The highest BCUT2D eigenvalue weighted by atomic mass is 15.4. The van der Waals surface area contributed by atoms with Crippen molar-refractivity contribution in [1.82, 2.24) is 25.2 Å². The summed E-state index contributed by atoms with van der Waals surface area (Å²) in [5.74, 6) is 1.50. The summed E-state index contributed by atoms with van der Waals surface area (Å²) in [5.41, 5.74) is 1.04. The zero-order valence-corrected chi connectivity index (χ0v) is 13.3. The number of aromatic nitrogens is 3.